The van der Waals surface area contributed by atoms with Gasteiger partial charge in [0.1, 0.15) is 5.82 Å². The van der Waals surface area contributed by atoms with E-state index in [4.69, 9.17) is 4.74 Å². The third-order valence-corrected chi connectivity index (χ3v) is 5.50. The Bertz CT molecular complexity index is 719. The number of hydrogen-bond donors (Lipinski definition) is 2. The molecule has 146 valence electrons. The topological polar surface area (TPSA) is 66.5 Å². The Hall–Kier alpha value is -2.12. The summed E-state index contributed by atoms with van der Waals surface area (Å²) in [6.45, 7) is 10.1. The first-order valence-corrected chi connectivity index (χ1v) is 10.2. The smallest absolute Gasteiger partial charge is 0.315 e. The molecule has 2 aromatic heterocycles. The van der Waals surface area contributed by atoms with Crippen molar-refractivity contribution in [2.24, 2.45) is 5.41 Å². The Balaban J connectivity index is 1.53. The van der Waals surface area contributed by atoms with E-state index in [1.807, 2.05) is 29.8 Å². The molecule has 6 nitrogen and oxygen atoms in total. The highest BCUT2D eigenvalue weighted by atomic mass is 32.1. The van der Waals surface area contributed by atoms with E-state index in [1.165, 1.54) is 0 Å². The number of anilines is 1. The number of thiophene rings is 1. The van der Waals surface area contributed by atoms with Gasteiger partial charge in [-0.2, -0.15) is 0 Å². The molecule has 7 heteroatoms. The van der Waals surface area contributed by atoms with Crippen LogP contribution in [0.2, 0.25) is 0 Å². The number of ether oxygens (including phenoxy) is 1. The van der Waals surface area contributed by atoms with E-state index in [0.717, 1.165) is 42.6 Å². The molecule has 3 rings (SSSR count). The van der Waals surface area contributed by atoms with Crippen LogP contribution in [0.15, 0.2) is 35.8 Å². The van der Waals surface area contributed by atoms with Crippen molar-refractivity contribution in [1.29, 1.82) is 0 Å². The van der Waals surface area contributed by atoms with E-state index in [9.17, 15) is 4.79 Å². The maximum atomic E-state index is 12.4. The van der Waals surface area contributed by atoms with Gasteiger partial charge < -0.3 is 20.3 Å². The summed E-state index contributed by atoms with van der Waals surface area (Å²) in [5.41, 5.74) is 0.911. The van der Waals surface area contributed by atoms with Gasteiger partial charge in [0.05, 0.1) is 19.3 Å². The molecule has 2 aromatic rings. The van der Waals surface area contributed by atoms with Gasteiger partial charge in [-0.3, -0.25) is 0 Å². The van der Waals surface area contributed by atoms with Crippen molar-refractivity contribution in [3.8, 4) is 0 Å². The Morgan fingerprint density at radius 2 is 2.07 bits per heavy atom. The Morgan fingerprint density at radius 1 is 1.30 bits per heavy atom. The number of rotatable bonds is 5. The summed E-state index contributed by atoms with van der Waals surface area (Å²) >= 11 is 1.66. The predicted molar refractivity (Wildman–Crippen MR) is 109 cm³/mol. The van der Waals surface area contributed by atoms with Crippen LogP contribution < -0.4 is 15.5 Å². The number of carbonyl (C=O) groups is 1. The number of nitrogens with one attached hydrogen (secondary N) is 2. The number of aromatic nitrogens is 1. The molecule has 1 fully saturated rings. The van der Waals surface area contributed by atoms with Crippen molar-refractivity contribution < 1.29 is 9.53 Å². The SMILES string of the molecule is CC(C)(C)[C@@H](NC(=O)NCc1ccc(N2CCOCC2)nc1)c1cccs1. The van der Waals surface area contributed by atoms with Gasteiger partial charge >= 0.3 is 6.03 Å². The molecule has 2 N–H and O–H groups in total. The van der Waals surface area contributed by atoms with Crippen LogP contribution in [0, 0.1) is 5.41 Å². The molecule has 1 aliphatic rings. The normalized spacial score (nSPS) is 16.0. The predicted octanol–water partition coefficient (Wildman–Crippen LogP) is 3.57. The van der Waals surface area contributed by atoms with Crippen molar-refractivity contribution in [3.63, 3.8) is 0 Å². The van der Waals surface area contributed by atoms with E-state index < -0.39 is 0 Å². The van der Waals surface area contributed by atoms with Crippen molar-refractivity contribution in [1.82, 2.24) is 15.6 Å². The quantitative estimate of drug-likeness (QED) is 0.822. The van der Waals surface area contributed by atoms with E-state index in [1.54, 1.807) is 11.3 Å². The Labute approximate surface area is 164 Å². The number of nitrogens with zero attached hydrogens (tertiary/aromatic N) is 2. The molecule has 3 heterocycles. The maximum Gasteiger partial charge on any atom is 0.315 e. The molecule has 0 spiro atoms. The first-order chi connectivity index (χ1) is 12.9. The van der Waals surface area contributed by atoms with E-state index in [2.05, 4.69) is 47.4 Å². The molecular formula is C20H28N4O2S. The highest BCUT2D eigenvalue weighted by Gasteiger charge is 2.28. The minimum atomic E-state index is -0.166. The lowest BCUT2D eigenvalue weighted by atomic mass is 9.86. The summed E-state index contributed by atoms with van der Waals surface area (Å²) in [6.07, 6.45) is 1.82. The molecule has 0 bridgehead atoms. The lowest BCUT2D eigenvalue weighted by molar-refractivity contribution is 0.122. The van der Waals surface area contributed by atoms with Gasteiger partial charge in [-0.05, 0) is 28.5 Å². The minimum absolute atomic E-state index is 0.0284. The number of pyridine rings is 1. The fraction of sp³-hybridized carbons (Fsp3) is 0.500. The Morgan fingerprint density at radius 3 is 2.67 bits per heavy atom. The molecule has 0 unspecified atom stereocenters. The first-order valence-electron chi connectivity index (χ1n) is 9.29. The zero-order chi connectivity index (χ0) is 19.3. The van der Waals surface area contributed by atoms with Crippen LogP contribution in [-0.2, 0) is 11.3 Å². The standard InChI is InChI=1S/C20H28N4O2S/c1-20(2,3)18(16-5-4-12-27-16)23-19(25)22-14-15-6-7-17(21-13-15)24-8-10-26-11-9-24/h4-7,12-13,18H,8-11,14H2,1-3H3,(H2,22,23,25)/t18-/m0/s1. The van der Waals surface area contributed by atoms with Crippen LogP contribution in [0.25, 0.3) is 0 Å². The molecule has 0 aromatic carbocycles. The third-order valence-electron chi connectivity index (χ3n) is 4.57. The van der Waals surface area contributed by atoms with Crippen molar-refractivity contribution >= 4 is 23.2 Å². The molecule has 1 atom stereocenters. The summed E-state index contributed by atoms with van der Waals surface area (Å²) in [5, 5.41) is 8.09. The maximum absolute atomic E-state index is 12.4. The van der Waals surface area contributed by atoms with Crippen LogP contribution >= 0.6 is 11.3 Å². The summed E-state index contributed by atoms with van der Waals surface area (Å²) < 4.78 is 5.37. The summed E-state index contributed by atoms with van der Waals surface area (Å²) in [6, 6.07) is 7.90. The van der Waals surface area contributed by atoms with E-state index >= 15 is 0 Å². The van der Waals surface area contributed by atoms with Gasteiger partial charge in [-0.15, -0.1) is 11.3 Å². The molecule has 27 heavy (non-hydrogen) atoms. The average Bonchev–Trinajstić information content (AvgIpc) is 3.19. The molecular weight excluding hydrogens is 360 g/mol. The van der Waals surface area contributed by atoms with Gasteiger partial charge in [0.15, 0.2) is 0 Å². The second kappa shape index (κ2) is 8.71. The zero-order valence-corrected chi connectivity index (χ0v) is 17.0. The van der Waals surface area contributed by atoms with Crippen LogP contribution in [0.1, 0.15) is 37.3 Å². The Kier molecular flexibility index (Phi) is 6.34. The molecule has 2 amide bonds. The number of urea groups is 1. The van der Waals surface area contributed by atoms with Crippen molar-refractivity contribution in [2.45, 2.75) is 33.4 Å². The molecule has 1 saturated heterocycles. The summed E-state index contributed by atoms with van der Waals surface area (Å²) in [7, 11) is 0. The number of carbonyl (C=O) groups excluding carboxylic acids is 1. The second-order valence-electron chi connectivity index (χ2n) is 7.77. The largest absolute Gasteiger partial charge is 0.378 e. The third kappa shape index (κ3) is 5.43. The average molecular weight is 389 g/mol. The van der Waals surface area contributed by atoms with Gasteiger partial charge in [-0.25, -0.2) is 9.78 Å². The van der Waals surface area contributed by atoms with Crippen LogP contribution in [0.5, 0.6) is 0 Å². The van der Waals surface area contributed by atoms with Gasteiger partial charge in [0, 0.05) is 30.7 Å². The van der Waals surface area contributed by atoms with Crippen LogP contribution in [-0.4, -0.2) is 37.3 Å². The first kappa shape index (κ1) is 19.6. The lowest BCUT2D eigenvalue weighted by Crippen LogP contribution is -2.42. The highest BCUT2D eigenvalue weighted by molar-refractivity contribution is 7.10. The van der Waals surface area contributed by atoms with Gasteiger partial charge in [0.2, 0.25) is 0 Å². The summed E-state index contributed by atoms with van der Waals surface area (Å²) in [5.74, 6) is 0.956. The molecule has 0 saturated carbocycles. The van der Waals surface area contributed by atoms with E-state index in [0.29, 0.717) is 6.54 Å². The van der Waals surface area contributed by atoms with Crippen molar-refractivity contribution in [3.05, 3.63) is 46.3 Å². The fourth-order valence-corrected chi connectivity index (χ4v) is 4.06. The molecule has 0 aliphatic carbocycles. The van der Waals surface area contributed by atoms with Crippen molar-refractivity contribution in [2.75, 3.05) is 31.2 Å². The molecule has 1 aliphatic heterocycles. The fourth-order valence-electron chi connectivity index (χ4n) is 3.04. The zero-order valence-electron chi connectivity index (χ0n) is 16.2. The number of morpholine rings is 1. The second-order valence-corrected chi connectivity index (χ2v) is 8.74. The lowest BCUT2D eigenvalue weighted by Gasteiger charge is -2.30. The van der Waals surface area contributed by atoms with Crippen LogP contribution in [0.4, 0.5) is 10.6 Å². The molecule has 0 radical (unpaired) electrons. The minimum Gasteiger partial charge on any atom is -0.378 e. The summed E-state index contributed by atoms with van der Waals surface area (Å²) in [4.78, 5) is 20.3. The van der Waals surface area contributed by atoms with Crippen LogP contribution in [0.3, 0.4) is 0 Å². The van der Waals surface area contributed by atoms with E-state index in [-0.39, 0.29) is 17.5 Å². The highest BCUT2D eigenvalue weighted by Crippen LogP contribution is 2.34. The monoisotopic (exact) mass is 388 g/mol. The van der Waals surface area contributed by atoms with Gasteiger partial charge in [-0.1, -0.05) is 32.9 Å². The number of amides is 2. The number of hydrogen-bond acceptors (Lipinski definition) is 5. The van der Waals surface area contributed by atoms with Gasteiger partial charge in [0.25, 0.3) is 0 Å².